The summed E-state index contributed by atoms with van der Waals surface area (Å²) in [6.45, 7) is 0. The molecule has 0 aliphatic rings. The maximum atomic E-state index is 11.7. The molecule has 3 heterocycles. The van der Waals surface area contributed by atoms with E-state index in [9.17, 15) is 15.8 Å². The van der Waals surface area contributed by atoms with E-state index in [-0.39, 0.29) is 0 Å². The quantitative estimate of drug-likeness (QED) is 0.159. The highest BCUT2D eigenvalue weighted by Crippen LogP contribution is 2.43. The molecule has 9 aromatic carbocycles. The third-order valence-electron chi connectivity index (χ3n) is 13.0. The minimum absolute atomic E-state index is 0.510. The number of fused-ring (bicyclic) bond motifs is 6. The molecule has 314 valence electrons. The molecule has 0 unspecified atom stereocenters. The number of nitriles is 3. The van der Waals surface area contributed by atoms with Gasteiger partial charge in [0.05, 0.1) is 68.1 Å². The molecule has 0 aliphatic heterocycles. The van der Waals surface area contributed by atoms with E-state index in [1.54, 1.807) is 0 Å². The molecule has 12 rings (SSSR count). The molecule has 12 aromatic rings. The Kier molecular flexibility index (Phi) is 9.55. The maximum Gasteiger partial charge on any atom is 0.104 e. The highest BCUT2D eigenvalue weighted by Gasteiger charge is 2.24. The van der Waals surface area contributed by atoms with Crippen molar-refractivity contribution >= 4 is 43.6 Å². The van der Waals surface area contributed by atoms with Gasteiger partial charge in [0.2, 0.25) is 0 Å². The van der Waals surface area contributed by atoms with Crippen molar-refractivity contribution in [1.82, 2.24) is 14.1 Å². The summed E-state index contributed by atoms with van der Waals surface area (Å²) < 4.78 is 4.47. The van der Waals surface area contributed by atoms with Crippen molar-refractivity contribution in [2.24, 2.45) is 0 Å². The van der Waals surface area contributed by atoms with Gasteiger partial charge in [0.15, 0.2) is 0 Å². The van der Waals surface area contributed by atoms with Gasteiger partial charge in [-0.2, -0.15) is 15.8 Å². The van der Waals surface area contributed by atoms with Crippen LogP contribution in [0.2, 0.25) is 0 Å². The van der Waals surface area contributed by atoms with E-state index in [4.69, 9.17) is 4.98 Å². The lowest BCUT2D eigenvalue weighted by Crippen LogP contribution is -2.05. The number of aromatic nitrogens is 3. The first-order valence-electron chi connectivity index (χ1n) is 22.4. The fraction of sp³-hybridized carbons (Fsp3) is 0. The maximum absolute atomic E-state index is 11.7. The van der Waals surface area contributed by atoms with E-state index >= 15 is 0 Å². The van der Waals surface area contributed by atoms with Crippen LogP contribution in [0, 0.1) is 34.0 Å². The molecule has 0 fully saturated rings. The molecular weight excluding hydrogens is 829 g/mol. The number of pyridine rings is 1. The van der Waals surface area contributed by atoms with Gasteiger partial charge in [0.1, 0.15) is 11.6 Å². The average molecular weight is 865 g/mol. The van der Waals surface area contributed by atoms with E-state index < -0.39 is 0 Å². The summed E-state index contributed by atoms with van der Waals surface area (Å²) in [5.74, 6) is 0. The van der Waals surface area contributed by atoms with Gasteiger partial charge in [-0.1, -0.05) is 133 Å². The van der Waals surface area contributed by atoms with Gasteiger partial charge in [-0.25, -0.2) is 4.98 Å². The highest BCUT2D eigenvalue weighted by atomic mass is 15.0. The predicted octanol–water partition coefficient (Wildman–Crippen LogP) is 15.2. The summed E-state index contributed by atoms with van der Waals surface area (Å²) in [5, 5.41) is 35.3. The molecule has 0 radical (unpaired) electrons. The lowest BCUT2D eigenvalue weighted by atomic mass is 9.97. The zero-order valence-corrected chi connectivity index (χ0v) is 36.5. The van der Waals surface area contributed by atoms with Gasteiger partial charge >= 0.3 is 0 Å². The molecule has 3 aromatic heterocycles. The van der Waals surface area contributed by atoms with Gasteiger partial charge in [0.25, 0.3) is 0 Å². The molecule has 6 nitrogen and oxygen atoms in total. The lowest BCUT2D eigenvalue weighted by Gasteiger charge is -2.19. The van der Waals surface area contributed by atoms with Crippen LogP contribution in [-0.2, 0) is 0 Å². The zero-order chi connectivity index (χ0) is 45.7. The van der Waals surface area contributed by atoms with Crippen molar-refractivity contribution in [3.8, 4) is 85.5 Å². The van der Waals surface area contributed by atoms with Crippen LogP contribution in [0.1, 0.15) is 16.7 Å². The Balaban J connectivity index is 1.18. The Morgan fingerprint density at radius 1 is 0.294 bits per heavy atom. The Morgan fingerprint density at radius 2 is 0.691 bits per heavy atom. The van der Waals surface area contributed by atoms with E-state index in [1.807, 2.05) is 97.1 Å². The molecule has 6 heteroatoms. The molecule has 0 atom stereocenters. The molecule has 0 N–H and O–H groups in total. The monoisotopic (exact) mass is 864 g/mol. The second-order valence-corrected chi connectivity index (χ2v) is 16.9. The van der Waals surface area contributed by atoms with Crippen LogP contribution in [0.25, 0.3) is 111 Å². The van der Waals surface area contributed by atoms with Gasteiger partial charge in [-0.3, -0.25) is 0 Å². The first-order valence-corrected chi connectivity index (χ1v) is 22.4. The van der Waals surface area contributed by atoms with Crippen molar-refractivity contribution in [1.29, 1.82) is 15.8 Å². The second kappa shape index (κ2) is 16.3. The van der Waals surface area contributed by atoms with Crippen LogP contribution >= 0.6 is 0 Å². The molecule has 0 spiro atoms. The molecule has 0 saturated heterocycles. The number of hydrogen-bond donors (Lipinski definition) is 0. The number of rotatable bonds is 7. The van der Waals surface area contributed by atoms with Crippen LogP contribution in [-0.4, -0.2) is 14.1 Å². The van der Waals surface area contributed by atoms with Crippen molar-refractivity contribution in [2.75, 3.05) is 0 Å². The molecular formula is C62H36N6. The largest absolute Gasteiger partial charge is 0.308 e. The highest BCUT2D eigenvalue weighted by molar-refractivity contribution is 6.12. The number of nitrogens with zero attached hydrogens (tertiary/aromatic N) is 6. The van der Waals surface area contributed by atoms with Crippen LogP contribution < -0.4 is 0 Å². The van der Waals surface area contributed by atoms with Crippen LogP contribution in [0.3, 0.4) is 0 Å². The lowest BCUT2D eigenvalue weighted by molar-refractivity contribution is 1.12. The number of benzene rings is 9. The topological polar surface area (TPSA) is 94.1 Å². The van der Waals surface area contributed by atoms with Crippen LogP contribution in [0.5, 0.6) is 0 Å². The third-order valence-corrected chi connectivity index (χ3v) is 13.0. The van der Waals surface area contributed by atoms with E-state index in [0.717, 1.165) is 111 Å². The minimum atomic E-state index is 0.510. The van der Waals surface area contributed by atoms with Crippen LogP contribution in [0.15, 0.2) is 218 Å². The zero-order valence-electron chi connectivity index (χ0n) is 36.5. The summed E-state index contributed by atoms with van der Waals surface area (Å²) in [4.78, 5) is 5.23. The summed E-state index contributed by atoms with van der Waals surface area (Å²) in [6, 6.07) is 81.4. The molecule has 0 saturated carbocycles. The smallest absolute Gasteiger partial charge is 0.104 e. The SMILES string of the molecule is N#Cc1cccc(-c2ccc3c(c2)c2ccccc2n3-c2cc(-c3cc(-c4ccccc4)nc(-c4ccccc4)c3)cc(-n3c4ccccc4c4cc(-c5cccc(C#N)c5)ccc43)c2C#N)c1. The van der Waals surface area contributed by atoms with Crippen LogP contribution in [0.4, 0.5) is 0 Å². The number of para-hydroxylation sites is 2. The van der Waals surface area contributed by atoms with Crippen molar-refractivity contribution in [3.63, 3.8) is 0 Å². The Labute approximate surface area is 392 Å². The minimum Gasteiger partial charge on any atom is -0.308 e. The van der Waals surface area contributed by atoms with Gasteiger partial charge in [-0.15, -0.1) is 0 Å². The van der Waals surface area contributed by atoms with Crippen molar-refractivity contribution in [3.05, 3.63) is 235 Å². The molecule has 0 aliphatic carbocycles. The van der Waals surface area contributed by atoms with E-state index in [1.165, 1.54) is 0 Å². The normalized spacial score (nSPS) is 11.2. The van der Waals surface area contributed by atoms with Gasteiger partial charge in [0, 0.05) is 32.7 Å². The van der Waals surface area contributed by atoms with Crippen molar-refractivity contribution < 1.29 is 0 Å². The second-order valence-electron chi connectivity index (χ2n) is 16.9. The predicted molar refractivity (Wildman–Crippen MR) is 274 cm³/mol. The molecule has 0 bridgehead atoms. The number of hydrogen-bond acceptors (Lipinski definition) is 4. The summed E-state index contributed by atoms with van der Waals surface area (Å²) in [6.07, 6.45) is 0. The van der Waals surface area contributed by atoms with E-state index in [2.05, 4.69) is 149 Å². The summed E-state index contributed by atoms with van der Waals surface area (Å²) >= 11 is 0. The van der Waals surface area contributed by atoms with E-state index in [0.29, 0.717) is 16.7 Å². The van der Waals surface area contributed by atoms with Gasteiger partial charge in [-0.05, 0) is 118 Å². The third kappa shape index (κ3) is 6.67. The first-order chi connectivity index (χ1) is 33.6. The average Bonchev–Trinajstić information content (AvgIpc) is 3.93. The van der Waals surface area contributed by atoms with Crippen molar-refractivity contribution in [2.45, 2.75) is 0 Å². The standard InChI is InChI=1S/C62H36N6/c63-37-40-13-11-19-44(29-40)46-25-27-59-52(31-46)50-21-7-9-23-57(50)67(59)61-35-49(48-33-55(42-15-3-1-4-16-42)66-56(34-48)43-17-5-2-6-18-43)36-62(54(61)39-65)68-58-24-10-8-22-51(58)53-32-47(26-28-60(53)68)45-20-12-14-41(30-45)38-64/h1-36H. The Hall–Kier alpha value is -9.80. The Morgan fingerprint density at radius 3 is 1.15 bits per heavy atom. The van der Waals surface area contributed by atoms with Gasteiger partial charge < -0.3 is 9.13 Å². The summed E-state index contributed by atoms with van der Waals surface area (Å²) in [7, 11) is 0. The molecule has 68 heavy (non-hydrogen) atoms. The molecule has 0 amide bonds. The fourth-order valence-electron chi connectivity index (χ4n) is 9.82. The summed E-state index contributed by atoms with van der Waals surface area (Å²) in [5.41, 5.74) is 16.4. The first kappa shape index (κ1) is 39.8. The fourth-order valence-corrected chi connectivity index (χ4v) is 9.82. The Bertz CT molecular complexity index is 3870.